The third-order valence-electron chi connectivity index (χ3n) is 1.18. The Labute approximate surface area is 87.3 Å². The number of Topliss-reactive ketones (excluding diaryl/α,β-unsaturated/α-hetero) is 1. The summed E-state index contributed by atoms with van der Waals surface area (Å²) in [5.74, 6) is -0.939. The zero-order valence-corrected chi connectivity index (χ0v) is 8.65. The summed E-state index contributed by atoms with van der Waals surface area (Å²) in [5.41, 5.74) is 0. The molecule has 14 heavy (non-hydrogen) atoms. The van der Waals surface area contributed by atoms with E-state index < -0.39 is 10.9 Å². The molecule has 0 saturated heterocycles. The largest absolute Gasteiger partial charge is 0.303 e. The molecule has 1 aromatic heterocycles. The van der Waals surface area contributed by atoms with Gasteiger partial charge in [-0.1, -0.05) is 11.8 Å². The van der Waals surface area contributed by atoms with E-state index in [-0.39, 0.29) is 11.0 Å². The van der Waals surface area contributed by atoms with E-state index in [1.54, 1.807) is 0 Å². The Bertz CT molecular complexity index is 376. The van der Waals surface area contributed by atoms with Crippen LogP contribution in [0.2, 0.25) is 0 Å². The zero-order valence-electron chi connectivity index (χ0n) is 7.01. The lowest BCUT2D eigenvalue weighted by Gasteiger charge is -1.89. The quantitative estimate of drug-likeness (QED) is 0.451. The fourth-order valence-corrected chi connectivity index (χ4v) is 1.41. The molecule has 6 nitrogen and oxygen atoms in total. The predicted molar refractivity (Wildman–Crippen MR) is 52.4 cm³/mol. The van der Waals surface area contributed by atoms with Crippen molar-refractivity contribution in [1.29, 1.82) is 0 Å². The van der Waals surface area contributed by atoms with Crippen molar-refractivity contribution in [2.24, 2.45) is 0 Å². The van der Waals surface area contributed by atoms with E-state index in [0.717, 1.165) is 23.3 Å². The lowest BCUT2D eigenvalue weighted by molar-refractivity contribution is -0.107. The summed E-state index contributed by atoms with van der Waals surface area (Å²) in [6.07, 6.45) is 1.92. The van der Waals surface area contributed by atoms with Crippen LogP contribution in [0, 0.1) is 0 Å². The first-order valence-corrected chi connectivity index (χ1v) is 5.35. The van der Waals surface area contributed by atoms with E-state index >= 15 is 0 Å². The number of nitrogens with zero attached hydrogens (tertiary/aromatic N) is 2. The van der Waals surface area contributed by atoms with E-state index in [2.05, 4.69) is 14.7 Å². The Morgan fingerprint density at radius 2 is 2.29 bits per heavy atom. The molecule has 0 aliphatic rings. The molecular formula is C6H5N3O3S2. The Morgan fingerprint density at radius 3 is 2.86 bits per heavy atom. The molecule has 0 bridgehead atoms. The van der Waals surface area contributed by atoms with Crippen LogP contribution in [0.5, 0.6) is 0 Å². The topological polar surface area (TPSA) is 89.0 Å². The molecule has 1 N–H and O–H groups in total. The highest BCUT2D eigenvalue weighted by Crippen LogP contribution is 2.11. The molecule has 0 spiro atoms. The predicted octanol–water partition coefficient (Wildman–Crippen LogP) is 0.179. The minimum atomic E-state index is -0.757. The van der Waals surface area contributed by atoms with Gasteiger partial charge in [0.25, 0.3) is 10.9 Å². The van der Waals surface area contributed by atoms with E-state index in [1.807, 2.05) is 0 Å². The van der Waals surface area contributed by atoms with Crippen molar-refractivity contribution >= 4 is 45.7 Å². The maximum atomic E-state index is 11.2. The van der Waals surface area contributed by atoms with E-state index in [9.17, 15) is 14.4 Å². The first-order valence-electron chi connectivity index (χ1n) is 3.35. The van der Waals surface area contributed by atoms with Crippen molar-refractivity contribution in [3.05, 3.63) is 5.82 Å². The number of nitrogens with one attached hydrogen (secondary N) is 1. The van der Waals surface area contributed by atoms with Crippen molar-refractivity contribution in [2.45, 2.75) is 0 Å². The van der Waals surface area contributed by atoms with Gasteiger partial charge in [0.05, 0.1) is 0 Å². The van der Waals surface area contributed by atoms with Gasteiger partial charge in [0, 0.05) is 11.5 Å². The standard InChI is InChI=1S/C6H5N3O3S2/c1-13-5(12)3(11)4-8-6(7-2-10)14-9-4/h2H,1H3,(H,7,8,9,10). The lowest BCUT2D eigenvalue weighted by Crippen LogP contribution is -2.11. The molecule has 1 heterocycles. The summed E-state index contributed by atoms with van der Waals surface area (Å²) < 4.78 is 3.63. The molecule has 0 fully saturated rings. The van der Waals surface area contributed by atoms with E-state index in [4.69, 9.17) is 0 Å². The summed E-state index contributed by atoms with van der Waals surface area (Å²) in [7, 11) is 0. The van der Waals surface area contributed by atoms with Crippen LogP contribution in [0.4, 0.5) is 5.13 Å². The number of thioether (sulfide) groups is 1. The number of rotatable bonds is 4. The van der Waals surface area contributed by atoms with Crippen LogP contribution >= 0.6 is 23.3 Å². The van der Waals surface area contributed by atoms with E-state index in [0.29, 0.717) is 6.41 Å². The van der Waals surface area contributed by atoms with Gasteiger partial charge in [-0.2, -0.15) is 9.36 Å². The maximum Gasteiger partial charge on any atom is 0.277 e. The molecule has 1 rings (SSSR count). The van der Waals surface area contributed by atoms with Crippen LogP contribution in [0.25, 0.3) is 0 Å². The third-order valence-corrected chi connectivity index (χ3v) is 2.38. The van der Waals surface area contributed by atoms with Crippen LogP contribution in [-0.4, -0.2) is 32.9 Å². The SMILES string of the molecule is CSC(=O)C(=O)c1nsc(NC=O)n1. The average molecular weight is 231 g/mol. The van der Waals surface area contributed by atoms with Gasteiger partial charge in [0.2, 0.25) is 17.4 Å². The maximum absolute atomic E-state index is 11.2. The van der Waals surface area contributed by atoms with Crippen molar-refractivity contribution in [2.75, 3.05) is 11.6 Å². The highest BCUT2D eigenvalue weighted by atomic mass is 32.2. The Hall–Kier alpha value is -1.28. The minimum Gasteiger partial charge on any atom is -0.303 e. The van der Waals surface area contributed by atoms with Gasteiger partial charge in [-0.3, -0.25) is 14.4 Å². The Balaban J connectivity index is 2.81. The molecule has 0 aliphatic carbocycles. The first-order chi connectivity index (χ1) is 6.69. The smallest absolute Gasteiger partial charge is 0.277 e. The van der Waals surface area contributed by atoms with Crippen molar-refractivity contribution < 1.29 is 14.4 Å². The lowest BCUT2D eigenvalue weighted by atomic mass is 10.4. The van der Waals surface area contributed by atoms with Gasteiger partial charge in [-0.05, 0) is 6.26 Å². The van der Waals surface area contributed by atoms with Gasteiger partial charge in [0.1, 0.15) is 0 Å². The Morgan fingerprint density at radius 1 is 1.57 bits per heavy atom. The number of amides is 1. The van der Waals surface area contributed by atoms with Gasteiger partial charge in [0.15, 0.2) is 0 Å². The van der Waals surface area contributed by atoms with Crippen LogP contribution < -0.4 is 5.32 Å². The second-order valence-corrected chi connectivity index (χ2v) is 3.54. The van der Waals surface area contributed by atoms with Crippen LogP contribution in [0.3, 0.4) is 0 Å². The van der Waals surface area contributed by atoms with Gasteiger partial charge in [-0.15, -0.1) is 0 Å². The first kappa shape index (κ1) is 10.8. The van der Waals surface area contributed by atoms with Gasteiger partial charge < -0.3 is 5.32 Å². The normalized spacial score (nSPS) is 9.50. The number of hydrogen-bond donors (Lipinski definition) is 1. The monoisotopic (exact) mass is 231 g/mol. The number of hydrogen-bond acceptors (Lipinski definition) is 7. The molecule has 0 saturated carbocycles. The molecule has 0 atom stereocenters. The zero-order chi connectivity index (χ0) is 10.6. The summed E-state index contributed by atoms with van der Waals surface area (Å²) in [4.78, 5) is 35.8. The molecule has 0 radical (unpaired) electrons. The molecule has 8 heteroatoms. The summed E-state index contributed by atoms with van der Waals surface area (Å²) in [5, 5.41) is 1.80. The van der Waals surface area contributed by atoms with Crippen LogP contribution in [0.15, 0.2) is 0 Å². The molecule has 0 aromatic carbocycles. The molecular weight excluding hydrogens is 226 g/mol. The summed E-state index contributed by atoms with van der Waals surface area (Å²) in [6.45, 7) is 0. The second-order valence-electron chi connectivity index (χ2n) is 2.01. The minimum absolute atomic E-state index is 0.182. The summed E-state index contributed by atoms with van der Waals surface area (Å²) >= 11 is 1.64. The molecule has 1 amide bonds. The highest BCUT2D eigenvalue weighted by Gasteiger charge is 2.19. The van der Waals surface area contributed by atoms with Crippen molar-refractivity contribution in [1.82, 2.24) is 9.36 Å². The van der Waals surface area contributed by atoms with Crippen molar-refractivity contribution in [3.8, 4) is 0 Å². The van der Waals surface area contributed by atoms with Gasteiger partial charge >= 0.3 is 0 Å². The average Bonchev–Trinajstić information content (AvgIpc) is 2.64. The highest BCUT2D eigenvalue weighted by molar-refractivity contribution is 8.14. The fourth-order valence-electron chi connectivity index (χ4n) is 0.609. The van der Waals surface area contributed by atoms with E-state index in [1.165, 1.54) is 6.26 Å². The second kappa shape index (κ2) is 4.82. The molecule has 0 aliphatic heterocycles. The van der Waals surface area contributed by atoms with Crippen LogP contribution in [0.1, 0.15) is 10.6 Å². The third kappa shape index (κ3) is 2.36. The number of anilines is 1. The fraction of sp³-hybridized carbons (Fsp3) is 0.167. The Kier molecular flexibility index (Phi) is 3.72. The molecule has 0 unspecified atom stereocenters. The number of ketones is 1. The number of carbonyl (C=O) groups excluding carboxylic acids is 3. The number of aromatic nitrogens is 2. The van der Waals surface area contributed by atoms with Gasteiger partial charge in [-0.25, -0.2) is 0 Å². The number of carbonyl (C=O) groups is 3. The molecule has 74 valence electrons. The summed E-state index contributed by atoms with van der Waals surface area (Å²) in [6, 6.07) is 0. The van der Waals surface area contributed by atoms with Crippen LogP contribution in [-0.2, 0) is 9.59 Å². The van der Waals surface area contributed by atoms with Crippen molar-refractivity contribution in [3.63, 3.8) is 0 Å². The molecule has 1 aromatic rings.